The van der Waals surface area contributed by atoms with Gasteiger partial charge in [-0.15, -0.1) is 0 Å². The summed E-state index contributed by atoms with van der Waals surface area (Å²) in [6.45, 7) is 8.63. The van der Waals surface area contributed by atoms with Gasteiger partial charge < -0.3 is 4.74 Å². The van der Waals surface area contributed by atoms with Gasteiger partial charge in [0.05, 0.1) is 11.5 Å². The first-order chi connectivity index (χ1) is 14.7. The third-order valence-electron chi connectivity index (χ3n) is 6.18. The molecule has 2 atom stereocenters. The molecule has 2 aromatic rings. The van der Waals surface area contributed by atoms with Gasteiger partial charge in [0, 0.05) is 31.1 Å². The van der Waals surface area contributed by atoms with E-state index in [0.717, 1.165) is 24.9 Å². The van der Waals surface area contributed by atoms with Crippen LogP contribution in [-0.2, 0) is 16.7 Å². The molecule has 2 saturated heterocycles. The van der Waals surface area contributed by atoms with Crippen LogP contribution in [0, 0.1) is 11.3 Å². The molecule has 160 valence electrons. The second-order valence-electron chi connectivity index (χ2n) is 8.01. The maximum absolute atomic E-state index is 9.78. The van der Waals surface area contributed by atoms with Gasteiger partial charge in [-0.25, -0.2) is 4.31 Å². The summed E-state index contributed by atoms with van der Waals surface area (Å²) < 4.78 is 8.00. The third kappa shape index (κ3) is 5.27. The highest BCUT2D eigenvalue weighted by atomic mass is 32.2. The molecule has 0 spiro atoms. The Hall–Kier alpha value is -1.80. The van der Waals surface area contributed by atoms with E-state index in [4.69, 9.17) is 4.74 Å². The van der Waals surface area contributed by atoms with Crippen molar-refractivity contribution in [3.63, 3.8) is 0 Å². The van der Waals surface area contributed by atoms with Gasteiger partial charge >= 0.3 is 0 Å². The van der Waals surface area contributed by atoms with Crippen molar-refractivity contribution in [2.75, 3.05) is 13.2 Å². The molecule has 2 aliphatic heterocycles. The summed E-state index contributed by atoms with van der Waals surface area (Å²) >= 11 is 1.99. The first-order valence-corrected chi connectivity index (χ1v) is 12.1. The minimum absolute atomic E-state index is 0.373. The van der Waals surface area contributed by atoms with Gasteiger partial charge in [0.1, 0.15) is 0 Å². The van der Waals surface area contributed by atoms with Crippen LogP contribution in [0.15, 0.2) is 54.6 Å². The van der Waals surface area contributed by atoms with E-state index in [0.29, 0.717) is 24.5 Å². The Balaban J connectivity index is 0.00000124. The minimum atomic E-state index is -0.373. The molecular weight excluding hydrogens is 388 g/mol. The lowest BCUT2D eigenvalue weighted by molar-refractivity contribution is 0.0675. The van der Waals surface area contributed by atoms with Crippen molar-refractivity contribution >= 4 is 11.9 Å². The summed E-state index contributed by atoms with van der Waals surface area (Å²) in [5.41, 5.74) is 3.51. The lowest BCUT2D eigenvalue weighted by Crippen LogP contribution is -2.32. The Morgan fingerprint density at radius 2 is 1.70 bits per heavy atom. The van der Waals surface area contributed by atoms with Gasteiger partial charge in [0.15, 0.2) is 0 Å². The monoisotopic (exact) mass is 422 g/mol. The molecule has 1 unspecified atom stereocenters. The van der Waals surface area contributed by atoms with Crippen LogP contribution in [0.2, 0.25) is 0 Å². The summed E-state index contributed by atoms with van der Waals surface area (Å²) in [7, 11) is 0. The van der Waals surface area contributed by atoms with Crippen LogP contribution in [0.25, 0.3) is 0 Å². The highest BCUT2D eigenvalue weighted by Crippen LogP contribution is 2.43. The van der Waals surface area contributed by atoms with Crippen LogP contribution in [-0.4, -0.2) is 23.6 Å². The number of hydrogen-bond acceptors (Lipinski definition) is 4. The molecule has 30 heavy (non-hydrogen) atoms. The highest BCUT2D eigenvalue weighted by molar-refractivity contribution is 7.97. The largest absolute Gasteiger partial charge is 0.381 e. The zero-order valence-electron chi connectivity index (χ0n) is 18.5. The summed E-state index contributed by atoms with van der Waals surface area (Å²) in [4.78, 5) is 0. The van der Waals surface area contributed by atoms with E-state index in [1.54, 1.807) is 0 Å². The zero-order chi connectivity index (χ0) is 21.4. The number of ether oxygens (including phenoxy) is 1. The number of nitrogens with zero attached hydrogens (tertiary/aromatic N) is 2. The smallest absolute Gasteiger partial charge is 0.0866 e. The molecule has 2 aliphatic rings. The maximum Gasteiger partial charge on any atom is 0.0866 e. The number of hydrogen-bond donors (Lipinski definition) is 0. The van der Waals surface area contributed by atoms with Crippen molar-refractivity contribution in [3.8, 4) is 6.07 Å². The Morgan fingerprint density at radius 1 is 1.03 bits per heavy atom. The van der Waals surface area contributed by atoms with Gasteiger partial charge in [0.2, 0.25) is 0 Å². The topological polar surface area (TPSA) is 36.3 Å². The van der Waals surface area contributed by atoms with Crippen LogP contribution >= 0.6 is 11.9 Å². The van der Waals surface area contributed by atoms with E-state index < -0.39 is 0 Å². The van der Waals surface area contributed by atoms with Crippen molar-refractivity contribution in [1.29, 1.82) is 5.26 Å². The molecule has 4 rings (SSSR count). The van der Waals surface area contributed by atoms with Crippen LogP contribution in [0.4, 0.5) is 0 Å². The fourth-order valence-corrected chi connectivity index (χ4v) is 5.62. The molecule has 0 aromatic heterocycles. The Labute approximate surface area is 186 Å². The van der Waals surface area contributed by atoms with Gasteiger partial charge in [-0.2, -0.15) is 5.26 Å². The van der Waals surface area contributed by atoms with Crippen LogP contribution < -0.4 is 0 Å². The summed E-state index contributed by atoms with van der Waals surface area (Å²) in [6, 6.07) is 22.8. The minimum Gasteiger partial charge on any atom is -0.381 e. The molecular formula is C26H34N2OS. The lowest BCUT2D eigenvalue weighted by atomic mass is 9.75. The number of nitriles is 1. The molecule has 0 saturated carbocycles. The summed E-state index contributed by atoms with van der Waals surface area (Å²) in [6.07, 6.45) is 4.04. The van der Waals surface area contributed by atoms with Crippen molar-refractivity contribution < 1.29 is 4.74 Å². The van der Waals surface area contributed by atoms with Crippen LogP contribution in [0.5, 0.6) is 0 Å². The van der Waals surface area contributed by atoms with E-state index >= 15 is 0 Å². The quantitative estimate of drug-likeness (QED) is 0.516. The molecule has 2 aromatic carbocycles. The highest BCUT2D eigenvalue weighted by Gasteiger charge is 2.34. The molecule has 2 fully saturated rings. The van der Waals surface area contributed by atoms with E-state index in [-0.39, 0.29) is 5.41 Å². The molecule has 0 amide bonds. The van der Waals surface area contributed by atoms with Gasteiger partial charge in [-0.05, 0) is 49.3 Å². The van der Waals surface area contributed by atoms with Crippen LogP contribution in [0.1, 0.15) is 68.4 Å². The summed E-state index contributed by atoms with van der Waals surface area (Å²) in [5, 5.41) is 10.3. The Morgan fingerprint density at radius 3 is 2.33 bits per heavy atom. The normalized spacial score (nSPS) is 23.7. The molecule has 4 heteroatoms. The first kappa shape index (κ1) is 22.9. The fraction of sp³-hybridized carbons (Fsp3) is 0.500. The molecule has 0 N–H and O–H groups in total. The predicted octanol–water partition coefficient (Wildman–Crippen LogP) is 6.66. The van der Waals surface area contributed by atoms with Crippen molar-refractivity contribution in [2.45, 2.75) is 69.7 Å². The number of rotatable bonds is 4. The molecule has 0 aliphatic carbocycles. The van der Waals surface area contributed by atoms with E-state index in [1.165, 1.54) is 24.0 Å². The van der Waals surface area contributed by atoms with E-state index in [1.807, 2.05) is 25.8 Å². The van der Waals surface area contributed by atoms with Crippen molar-refractivity contribution in [2.24, 2.45) is 0 Å². The SMILES string of the molecule is CC.C[C@H]1CCC(c2ccccc2)SN1Cc1ccc(C2(C#N)CCOCC2)cc1. The Bertz CT molecular complexity index is 809. The van der Waals surface area contributed by atoms with E-state index in [9.17, 15) is 5.26 Å². The molecule has 0 bridgehead atoms. The summed E-state index contributed by atoms with van der Waals surface area (Å²) in [5.74, 6) is 0. The van der Waals surface area contributed by atoms with Gasteiger partial charge in [-0.1, -0.05) is 80.4 Å². The van der Waals surface area contributed by atoms with Crippen molar-refractivity contribution in [3.05, 3.63) is 71.3 Å². The zero-order valence-corrected chi connectivity index (χ0v) is 19.3. The second kappa shape index (κ2) is 11.0. The molecule has 0 radical (unpaired) electrons. The fourth-order valence-electron chi connectivity index (χ4n) is 4.24. The number of benzene rings is 2. The van der Waals surface area contributed by atoms with Crippen molar-refractivity contribution in [1.82, 2.24) is 4.31 Å². The van der Waals surface area contributed by atoms with Crippen LogP contribution in [0.3, 0.4) is 0 Å². The standard InChI is InChI=1S/C24H28N2OS.C2H6/c1-19-7-12-23(21-5-3-2-4-6-21)28-26(19)17-20-8-10-22(11-9-20)24(18-25)13-15-27-16-14-24;1-2/h2-6,8-11,19,23H,7,12-17H2,1H3;1-2H3/t19-,23?;/m0./s1. The lowest BCUT2D eigenvalue weighted by Gasteiger charge is -2.37. The van der Waals surface area contributed by atoms with Gasteiger partial charge in [0.25, 0.3) is 0 Å². The maximum atomic E-state index is 9.78. The second-order valence-corrected chi connectivity index (χ2v) is 9.26. The van der Waals surface area contributed by atoms with E-state index in [2.05, 4.69) is 71.9 Å². The average molecular weight is 423 g/mol. The third-order valence-corrected chi connectivity index (χ3v) is 7.70. The van der Waals surface area contributed by atoms with Gasteiger partial charge in [-0.3, -0.25) is 0 Å². The molecule has 3 nitrogen and oxygen atoms in total. The predicted molar refractivity (Wildman–Crippen MR) is 126 cm³/mol. The Kier molecular flexibility index (Phi) is 8.39. The first-order valence-electron chi connectivity index (χ1n) is 11.3. The molecule has 2 heterocycles. The average Bonchev–Trinajstić information content (AvgIpc) is 2.83.